The summed E-state index contributed by atoms with van der Waals surface area (Å²) in [6.45, 7) is 5.64. The molecular formula is C22H23F3N6O2. The monoisotopic (exact) mass is 460 g/mol. The molecule has 0 aliphatic carbocycles. The van der Waals surface area contributed by atoms with E-state index in [2.05, 4.69) is 44.3 Å². The average molecular weight is 460 g/mol. The number of piperazine rings is 1. The van der Waals surface area contributed by atoms with E-state index < -0.39 is 23.3 Å². The van der Waals surface area contributed by atoms with Gasteiger partial charge in [0.05, 0.1) is 35.6 Å². The van der Waals surface area contributed by atoms with Crippen molar-refractivity contribution >= 4 is 28.2 Å². The lowest BCUT2D eigenvalue weighted by Gasteiger charge is -2.38. The van der Waals surface area contributed by atoms with E-state index >= 15 is 0 Å². The minimum atomic E-state index is -4.64. The number of rotatable bonds is 4. The van der Waals surface area contributed by atoms with Gasteiger partial charge < -0.3 is 20.3 Å². The average Bonchev–Trinajstić information content (AvgIpc) is 2.76. The number of methoxy groups -OCH3 is 1. The molecular weight excluding hydrogens is 437 g/mol. The summed E-state index contributed by atoms with van der Waals surface area (Å²) < 4.78 is 45.2. The maximum atomic E-state index is 13.3. The van der Waals surface area contributed by atoms with Crippen molar-refractivity contribution in [2.45, 2.75) is 32.1 Å². The van der Waals surface area contributed by atoms with E-state index in [0.29, 0.717) is 5.39 Å². The maximum absolute atomic E-state index is 13.3. The Bertz CT molecular complexity index is 1180. The van der Waals surface area contributed by atoms with Crippen LogP contribution in [-0.4, -0.2) is 53.1 Å². The highest BCUT2D eigenvalue weighted by molar-refractivity contribution is 6.14. The molecule has 1 aliphatic heterocycles. The van der Waals surface area contributed by atoms with Crippen molar-refractivity contribution in [2.75, 3.05) is 30.4 Å². The number of halogens is 3. The number of nitrogens with zero attached hydrogens (tertiary/aromatic N) is 4. The fourth-order valence-electron chi connectivity index (χ4n) is 4.10. The molecule has 0 radical (unpaired) electrons. The highest BCUT2D eigenvalue weighted by Crippen LogP contribution is 2.35. The van der Waals surface area contributed by atoms with E-state index in [1.165, 1.54) is 7.11 Å². The number of nitrogens with one attached hydrogen (secondary N) is 2. The Morgan fingerprint density at radius 3 is 2.58 bits per heavy atom. The molecule has 1 saturated heterocycles. The molecule has 0 saturated carbocycles. The van der Waals surface area contributed by atoms with E-state index in [1.54, 1.807) is 18.3 Å². The number of anilines is 2. The second-order valence-electron chi connectivity index (χ2n) is 8.00. The molecule has 2 N–H and O–H groups in total. The van der Waals surface area contributed by atoms with Crippen LogP contribution in [0.2, 0.25) is 0 Å². The molecule has 1 aromatic carbocycles. The van der Waals surface area contributed by atoms with Gasteiger partial charge in [-0.15, -0.1) is 0 Å². The zero-order valence-corrected chi connectivity index (χ0v) is 18.3. The number of carbonyl (C=O) groups excluding carboxylic acids is 1. The van der Waals surface area contributed by atoms with E-state index in [9.17, 15) is 18.0 Å². The molecule has 1 aliphatic rings. The fourth-order valence-corrected chi connectivity index (χ4v) is 4.10. The second-order valence-corrected chi connectivity index (χ2v) is 8.00. The predicted molar refractivity (Wildman–Crippen MR) is 118 cm³/mol. The summed E-state index contributed by atoms with van der Waals surface area (Å²) in [5.74, 6) is -0.743. The van der Waals surface area contributed by atoms with Crippen LogP contribution >= 0.6 is 0 Å². The SMILES string of the molecule is COc1ncc2c(N3CC(C)NC(C)C3)ccc(C(=O)Nc3cnccc3C(F)(F)F)c2n1. The number of fused-ring (bicyclic) bond motifs is 1. The van der Waals surface area contributed by atoms with Crippen LogP contribution in [0.1, 0.15) is 29.8 Å². The van der Waals surface area contributed by atoms with Gasteiger partial charge in [0.15, 0.2) is 0 Å². The maximum Gasteiger partial charge on any atom is 0.418 e. The van der Waals surface area contributed by atoms with Crippen LogP contribution in [0.3, 0.4) is 0 Å². The Morgan fingerprint density at radius 1 is 1.18 bits per heavy atom. The predicted octanol–water partition coefficient (Wildman–Crippen LogP) is 3.49. The molecule has 4 rings (SSSR count). The normalized spacial score (nSPS) is 18.9. The Balaban J connectivity index is 1.77. The van der Waals surface area contributed by atoms with E-state index in [1.807, 2.05) is 0 Å². The smallest absolute Gasteiger partial charge is 0.418 e. The standard InChI is InChI=1S/C22H23F3N6O2/c1-12-10-31(11-13(2)28-12)18-5-4-14(19-15(18)8-27-21(30-19)33-3)20(32)29-17-9-26-7-6-16(17)22(23,24)25/h4-9,12-13,28H,10-11H2,1-3H3,(H,29,32). The van der Waals surface area contributed by atoms with Crippen LogP contribution in [0.15, 0.2) is 36.8 Å². The summed E-state index contributed by atoms with van der Waals surface area (Å²) in [5.41, 5.74) is -0.196. The molecule has 0 spiro atoms. The van der Waals surface area contributed by atoms with Crippen LogP contribution in [0.25, 0.3) is 10.9 Å². The topological polar surface area (TPSA) is 92.3 Å². The first kappa shape index (κ1) is 22.7. The van der Waals surface area contributed by atoms with Gasteiger partial charge in [-0.25, -0.2) is 4.98 Å². The van der Waals surface area contributed by atoms with Gasteiger partial charge in [-0.3, -0.25) is 9.78 Å². The van der Waals surface area contributed by atoms with Crippen molar-refractivity contribution in [3.05, 3.63) is 47.9 Å². The minimum absolute atomic E-state index is 0.0492. The van der Waals surface area contributed by atoms with Gasteiger partial charge >= 0.3 is 12.2 Å². The van der Waals surface area contributed by atoms with E-state index in [0.717, 1.165) is 37.2 Å². The Hall–Kier alpha value is -3.47. The first-order valence-electron chi connectivity index (χ1n) is 10.3. The number of ether oxygens (including phenoxy) is 1. The number of carbonyl (C=O) groups is 1. The van der Waals surface area contributed by atoms with E-state index in [4.69, 9.17) is 4.74 Å². The molecule has 3 heterocycles. The Kier molecular flexibility index (Phi) is 6.07. The van der Waals surface area contributed by atoms with Crippen molar-refractivity contribution in [3.8, 4) is 6.01 Å². The van der Waals surface area contributed by atoms with E-state index in [-0.39, 0.29) is 29.2 Å². The molecule has 11 heteroatoms. The van der Waals surface area contributed by atoms with Gasteiger partial charge in [-0.2, -0.15) is 18.2 Å². The third kappa shape index (κ3) is 4.68. The number of benzene rings is 1. The van der Waals surface area contributed by atoms with Crippen molar-refractivity contribution in [3.63, 3.8) is 0 Å². The van der Waals surface area contributed by atoms with Crippen LogP contribution in [0.4, 0.5) is 24.5 Å². The van der Waals surface area contributed by atoms with Crippen molar-refractivity contribution < 1.29 is 22.7 Å². The molecule has 1 fully saturated rings. The third-order valence-electron chi connectivity index (χ3n) is 5.41. The molecule has 2 atom stereocenters. The largest absolute Gasteiger partial charge is 0.467 e. The quantitative estimate of drug-likeness (QED) is 0.616. The lowest BCUT2D eigenvalue weighted by atomic mass is 10.0. The third-order valence-corrected chi connectivity index (χ3v) is 5.41. The zero-order valence-electron chi connectivity index (χ0n) is 18.3. The number of hydrogen-bond acceptors (Lipinski definition) is 7. The second kappa shape index (κ2) is 8.81. The number of hydrogen-bond donors (Lipinski definition) is 2. The first-order valence-corrected chi connectivity index (χ1v) is 10.3. The number of pyridine rings is 1. The van der Waals surface area contributed by atoms with Crippen LogP contribution in [0, 0.1) is 0 Å². The summed E-state index contributed by atoms with van der Waals surface area (Å²) in [6.07, 6.45) is -1.08. The molecule has 2 aromatic heterocycles. The molecule has 1 amide bonds. The highest BCUT2D eigenvalue weighted by atomic mass is 19.4. The lowest BCUT2D eigenvalue weighted by molar-refractivity contribution is -0.137. The van der Waals surface area contributed by atoms with Gasteiger partial charge in [0, 0.05) is 48.6 Å². The van der Waals surface area contributed by atoms with Crippen molar-refractivity contribution in [2.24, 2.45) is 0 Å². The number of aromatic nitrogens is 3. The van der Waals surface area contributed by atoms with Crippen molar-refractivity contribution in [1.29, 1.82) is 0 Å². The summed E-state index contributed by atoms with van der Waals surface area (Å²) in [7, 11) is 1.40. The molecule has 3 aromatic rings. The molecule has 8 nitrogen and oxygen atoms in total. The number of alkyl halides is 3. The summed E-state index contributed by atoms with van der Waals surface area (Å²) in [6, 6.07) is 4.68. The van der Waals surface area contributed by atoms with Crippen LogP contribution in [0.5, 0.6) is 6.01 Å². The van der Waals surface area contributed by atoms with Gasteiger partial charge in [0.25, 0.3) is 5.91 Å². The van der Waals surface area contributed by atoms with Crippen LogP contribution < -0.4 is 20.3 Å². The Morgan fingerprint density at radius 2 is 1.91 bits per heavy atom. The lowest BCUT2D eigenvalue weighted by Crippen LogP contribution is -2.54. The highest BCUT2D eigenvalue weighted by Gasteiger charge is 2.34. The van der Waals surface area contributed by atoms with Gasteiger partial charge in [0.2, 0.25) is 0 Å². The molecule has 0 bridgehead atoms. The van der Waals surface area contributed by atoms with Gasteiger partial charge in [-0.05, 0) is 32.0 Å². The summed E-state index contributed by atoms with van der Waals surface area (Å²) in [5, 5.41) is 6.40. The fraction of sp³-hybridized carbons (Fsp3) is 0.364. The molecule has 33 heavy (non-hydrogen) atoms. The molecule has 174 valence electrons. The minimum Gasteiger partial charge on any atom is -0.467 e. The molecule has 2 unspecified atom stereocenters. The summed E-state index contributed by atoms with van der Waals surface area (Å²) >= 11 is 0. The summed E-state index contributed by atoms with van der Waals surface area (Å²) in [4.78, 5) is 27.5. The van der Waals surface area contributed by atoms with Crippen molar-refractivity contribution in [1.82, 2.24) is 20.3 Å². The van der Waals surface area contributed by atoms with Gasteiger partial charge in [-0.1, -0.05) is 0 Å². The van der Waals surface area contributed by atoms with Gasteiger partial charge in [0.1, 0.15) is 0 Å². The first-order chi connectivity index (χ1) is 15.7. The Labute approximate surface area is 188 Å². The van der Waals surface area contributed by atoms with Crippen LogP contribution in [-0.2, 0) is 6.18 Å². The number of amides is 1. The zero-order chi connectivity index (χ0) is 23.8.